The lowest BCUT2D eigenvalue weighted by atomic mass is 9.91. The fraction of sp³-hybridized carbons (Fsp3) is 0.714. The van der Waals surface area contributed by atoms with Crippen molar-refractivity contribution in [3.63, 3.8) is 0 Å². The minimum Gasteiger partial charge on any atom is -0.474 e. The van der Waals surface area contributed by atoms with Gasteiger partial charge in [-0.3, -0.25) is 4.98 Å². The van der Waals surface area contributed by atoms with Crippen molar-refractivity contribution < 1.29 is 4.74 Å². The van der Waals surface area contributed by atoms with Crippen molar-refractivity contribution in [2.75, 3.05) is 18.0 Å². The molecular formula is C14H24N4O. The maximum absolute atomic E-state index is 5.92. The Morgan fingerprint density at radius 1 is 1.47 bits per heavy atom. The third-order valence-electron chi connectivity index (χ3n) is 3.61. The summed E-state index contributed by atoms with van der Waals surface area (Å²) in [6, 6.07) is 0.345. The van der Waals surface area contributed by atoms with Crippen molar-refractivity contribution in [3.05, 3.63) is 12.4 Å². The highest BCUT2D eigenvalue weighted by Crippen LogP contribution is 2.27. The number of aromatic nitrogens is 2. The predicted molar refractivity (Wildman–Crippen MR) is 76.4 cm³/mol. The second kappa shape index (κ2) is 6.19. The van der Waals surface area contributed by atoms with E-state index in [9.17, 15) is 0 Å². The molecule has 19 heavy (non-hydrogen) atoms. The maximum Gasteiger partial charge on any atom is 0.234 e. The molecule has 5 heteroatoms. The number of ether oxygens (including phenoxy) is 1. The van der Waals surface area contributed by atoms with E-state index < -0.39 is 0 Å². The molecule has 0 radical (unpaired) electrons. The summed E-state index contributed by atoms with van der Waals surface area (Å²) in [5.74, 6) is 2.05. The maximum atomic E-state index is 5.92. The molecule has 2 N–H and O–H groups in total. The Morgan fingerprint density at radius 3 is 2.95 bits per heavy atom. The number of rotatable bonds is 4. The Kier molecular flexibility index (Phi) is 4.58. The van der Waals surface area contributed by atoms with E-state index >= 15 is 0 Å². The van der Waals surface area contributed by atoms with Crippen LogP contribution in [0, 0.1) is 5.92 Å². The fourth-order valence-corrected chi connectivity index (χ4v) is 2.67. The van der Waals surface area contributed by atoms with Gasteiger partial charge in [-0.15, -0.1) is 0 Å². The van der Waals surface area contributed by atoms with E-state index in [1.54, 1.807) is 12.4 Å². The number of nitrogens with zero attached hydrogens (tertiary/aromatic N) is 3. The molecule has 5 nitrogen and oxygen atoms in total. The van der Waals surface area contributed by atoms with Crippen molar-refractivity contribution >= 4 is 5.82 Å². The summed E-state index contributed by atoms with van der Waals surface area (Å²) in [7, 11) is 0. The smallest absolute Gasteiger partial charge is 0.234 e. The lowest BCUT2D eigenvalue weighted by Crippen LogP contribution is -2.49. The van der Waals surface area contributed by atoms with Gasteiger partial charge in [0.2, 0.25) is 5.88 Å². The second-order valence-corrected chi connectivity index (χ2v) is 5.50. The lowest BCUT2D eigenvalue weighted by Gasteiger charge is -2.40. The summed E-state index contributed by atoms with van der Waals surface area (Å²) >= 11 is 0. The monoisotopic (exact) mass is 264 g/mol. The van der Waals surface area contributed by atoms with E-state index in [0.717, 1.165) is 12.4 Å². The van der Waals surface area contributed by atoms with Crippen LogP contribution in [0.4, 0.5) is 5.82 Å². The Bertz CT molecular complexity index is 410. The molecule has 2 unspecified atom stereocenters. The van der Waals surface area contributed by atoms with Crippen LogP contribution in [0.1, 0.15) is 33.6 Å². The first kappa shape index (κ1) is 14.1. The molecule has 2 rings (SSSR count). The van der Waals surface area contributed by atoms with E-state index in [0.29, 0.717) is 24.4 Å². The molecule has 0 bridgehead atoms. The molecule has 0 saturated carbocycles. The van der Waals surface area contributed by atoms with Crippen LogP contribution in [0.25, 0.3) is 0 Å². The molecule has 1 aliphatic heterocycles. The average molecular weight is 264 g/mol. The number of hydrogen-bond acceptors (Lipinski definition) is 5. The Labute approximate surface area is 115 Å². The van der Waals surface area contributed by atoms with Crippen LogP contribution in [0.15, 0.2) is 12.4 Å². The quantitative estimate of drug-likeness (QED) is 0.898. The van der Waals surface area contributed by atoms with E-state index in [-0.39, 0.29) is 6.10 Å². The largest absolute Gasteiger partial charge is 0.474 e. The van der Waals surface area contributed by atoms with Gasteiger partial charge in [-0.1, -0.05) is 6.92 Å². The topological polar surface area (TPSA) is 64.3 Å². The average Bonchev–Trinajstić information content (AvgIpc) is 2.38. The van der Waals surface area contributed by atoms with Crippen LogP contribution in [0.3, 0.4) is 0 Å². The first-order valence-electron chi connectivity index (χ1n) is 7.07. The van der Waals surface area contributed by atoms with Crippen LogP contribution in [0.2, 0.25) is 0 Å². The Hall–Kier alpha value is -1.36. The molecule has 2 atom stereocenters. The van der Waals surface area contributed by atoms with Crippen LogP contribution in [0.5, 0.6) is 5.88 Å². The van der Waals surface area contributed by atoms with Gasteiger partial charge in [-0.2, -0.15) is 4.98 Å². The third kappa shape index (κ3) is 3.35. The summed E-state index contributed by atoms with van der Waals surface area (Å²) in [6.45, 7) is 7.87. The highest BCUT2D eigenvalue weighted by atomic mass is 16.5. The van der Waals surface area contributed by atoms with Gasteiger partial charge in [-0.05, 0) is 32.6 Å². The standard InChI is InChI=1S/C14H24N4O/c1-10(2)19-14-9-16-8-13(17-14)18-6-4-5-11(3)12(18)7-15/h8-12H,4-7,15H2,1-3H3. The summed E-state index contributed by atoms with van der Waals surface area (Å²) in [5, 5.41) is 0. The van der Waals surface area contributed by atoms with Gasteiger partial charge in [0.05, 0.1) is 18.5 Å². The minimum absolute atomic E-state index is 0.107. The van der Waals surface area contributed by atoms with Crippen LogP contribution in [-0.4, -0.2) is 35.2 Å². The van der Waals surface area contributed by atoms with Gasteiger partial charge < -0.3 is 15.4 Å². The zero-order valence-corrected chi connectivity index (χ0v) is 12.0. The van der Waals surface area contributed by atoms with E-state index in [4.69, 9.17) is 10.5 Å². The van der Waals surface area contributed by atoms with Crippen molar-refractivity contribution in [1.29, 1.82) is 0 Å². The molecule has 1 fully saturated rings. The van der Waals surface area contributed by atoms with Gasteiger partial charge >= 0.3 is 0 Å². The number of hydrogen-bond donors (Lipinski definition) is 1. The molecule has 0 aliphatic carbocycles. The second-order valence-electron chi connectivity index (χ2n) is 5.50. The summed E-state index contributed by atoms with van der Waals surface area (Å²) in [4.78, 5) is 11.1. The molecule has 106 valence electrons. The number of piperidine rings is 1. The molecule has 1 aromatic rings. The zero-order valence-electron chi connectivity index (χ0n) is 12.0. The van der Waals surface area contributed by atoms with E-state index in [1.807, 2.05) is 13.8 Å². The van der Waals surface area contributed by atoms with Crippen molar-refractivity contribution in [1.82, 2.24) is 9.97 Å². The van der Waals surface area contributed by atoms with Crippen LogP contribution >= 0.6 is 0 Å². The molecule has 0 amide bonds. The zero-order chi connectivity index (χ0) is 13.8. The van der Waals surface area contributed by atoms with Gasteiger partial charge in [0.25, 0.3) is 0 Å². The van der Waals surface area contributed by atoms with Crippen molar-refractivity contribution in [3.8, 4) is 5.88 Å². The summed E-state index contributed by atoms with van der Waals surface area (Å²) in [5.41, 5.74) is 5.92. The molecule has 0 aromatic carbocycles. The highest BCUT2D eigenvalue weighted by molar-refractivity contribution is 5.40. The van der Waals surface area contributed by atoms with Crippen molar-refractivity contribution in [2.24, 2.45) is 11.7 Å². The predicted octanol–water partition coefficient (Wildman–Crippen LogP) is 1.83. The Morgan fingerprint density at radius 2 is 2.26 bits per heavy atom. The van der Waals surface area contributed by atoms with E-state index in [2.05, 4.69) is 21.8 Å². The normalized spacial score (nSPS) is 23.7. The first-order valence-corrected chi connectivity index (χ1v) is 7.07. The summed E-state index contributed by atoms with van der Waals surface area (Å²) < 4.78 is 5.61. The van der Waals surface area contributed by atoms with Gasteiger partial charge in [-0.25, -0.2) is 0 Å². The fourth-order valence-electron chi connectivity index (χ4n) is 2.67. The van der Waals surface area contributed by atoms with Crippen LogP contribution < -0.4 is 15.4 Å². The molecule has 2 heterocycles. The molecule has 1 aliphatic rings. The number of nitrogens with two attached hydrogens (primary N) is 1. The molecule has 1 saturated heterocycles. The van der Waals surface area contributed by atoms with Gasteiger partial charge in [0.15, 0.2) is 5.82 Å². The minimum atomic E-state index is 0.107. The molecular weight excluding hydrogens is 240 g/mol. The van der Waals surface area contributed by atoms with Crippen LogP contribution in [-0.2, 0) is 0 Å². The summed E-state index contributed by atoms with van der Waals surface area (Å²) in [6.07, 6.45) is 5.97. The first-order chi connectivity index (χ1) is 9.11. The SMILES string of the molecule is CC(C)Oc1cncc(N2CCCC(C)C2CN)n1. The highest BCUT2D eigenvalue weighted by Gasteiger charge is 2.28. The third-order valence-corrected chi connectivity index (χ3v) is 3.61. The lowest BCUT2D eigenvalue weighted by molar-refractivity contribution is 0.231. The molecule has 0 spiro atoms. The van der Waals surface area contributed by atoms with E-state index in [1.165, 1.54) is 12.8 Å². The van der Waals surface area contributed by atoms with Gasteiger partial charge in [0.1, 0.15) is 0 Å². The van der Waals surface area contributed by atoms with Gasteiger partial charge in [0, 0.05) is 19.1 Å². The molecule has 1 aromatic heterocycles. The number of anilines is 1. The van der Waals surface area contributed by atoms with Crippen molar-refractivity contribution in [2.45, 2.75) is 45.8 Å². The Balaban J connectivity index is 2.19.